The fourth-order valence-corrected chi connectivity index (χ4v) is 2.47. The molecule has 1 aliphatic heterocycles. The van der Waals surface area contributed by atoms with Crippen LogP contribution in [0.5, 0.6) is 0 Å². The number of nitrogens with zero attached hydrogens (tertiary/aromatic N) is 2. The molecule has 0 saturated carbocycles. The van der Waals surface area contributed by atoms with Crippen LogP contribution in [0.4, 0.5) is 0 Å². The maximum absolute atomic E-state index is 5.27. The van der Waals surface area contributed by atoms with Crippen molar-refractivity contribution in [2.24, 2.45) is 12.5 Å². The first-order valence-corrected chi connectivity index (χ1v) is 6.24. The highest BCUT2D eigenvalue weighted by Gasteiger charge is 2.33. The minimum absolute atomic E-state index is 0.318. The standard InChI is InChI=1S/C13H23N3O/c1-9(14-6-13(4)7-17-8-13)12-10(2)15-16(5)11(12)3/h9,14H,6-8H2,1-5H3. The average Bonchev–Trinajstić information content (AvgIpc) is 2.47. The molecule has 0 aliphatic carbocycles. The third-order valence-electron chi connectivity index (χ3n) is 3.73. The zero-order valence-corrected chi connectivity index (χ0v) is 11.5. The van der Waals surface area contributed by atoms with Crippen LogP contribution in [0.25, 0.3) is 0 Å². The van der Waals surface area contributed by atoms with Gasteiger partial charge in [-0.15, -0.1) is 0 Å². The van der Waals surface area contributed by atoms with E-state index in [0.717, 1.165) is 25.5 Å². The molecule has 0 amide bonds. The first kappa shape index (κ1) is 12.6. The van der Waals surface area contributed by atoms with E-state index < -0.39 is 0 Å². The van der Waals surface area contributed by atoms with Crippen LogP contribution in [-0.4, -0.2) is 29.5 Å². The first-order valence-electron chi connectivity index (χ1n) is 6.24. The molecule has 17 heavy (non-hydrogen) atoms. The Bertz CT molecular complexity index is 407. The molecular formula is C13H23N3O. The monoisotopic (exact) mass is 237 g/mol. The number of hydrogen-bond donors (Lipinski definition) is 1. The fourth-order valence-electron chi connectivity index (χ4n) is 2.47. The molecule has 1 N–H and O–H groups in total. The van der Waals surface area contributed by atoms with Gasteiger partial charge in [-0.3, -0.25) is 4.68 Å². The molecule has 0 bridgehead atoms. The van der Waals surface area contributed by atoms with Crippen LogP contribution in [0.1, 0.15) is 36.8 Å². The molecule has 1 saturated heterocycles. The molecule has 0 spiro atoms. The van der Waals surface area contributed by atoms with Crippen molar-refractivity contribution in [3.8, 4) is 0 Å². The highest BCUT2D eigenvalue weighted by molar-refractivity contribution is 5.27. The molecule has 1 unspecified atom stereocenters. The number of nitrogens with one attached hydrogen (secondary N) is 1. The van der Waals surface area contributed by atoms with Gasteiger partial charge in [0.25, 0.3) is 0 Å². The Morgan fingerprint density at radius 1 is 1.47 bits per heavy atom. The van der Waals surface area contributed by atoms with Crippen molar-refractivity contribution in [2.75, 3.05) is 19.8 Å². The van der Waals surface area contributed by atoms with Gasteiger partial charge in [0.15, 0.2) is 0 Å². The Morgan fingerprint density at radius 2 is 2.12 bits per heavy atom. The number of ether oxygens (including phenoxy) is 1. The smallest absolute Gasteiger partial charge is 0.0644 e. The zero-order chi connectivity index (χ0) is 12.6. The van der Waals surface area contributed by atoms with Crippen molar-refractivity contribution in [1.29, 1.82) is 0 Å². The minimum Gasteiger partial charge on any atom is -0.380 e. The molecule has 1 aliphatic rings. The van der Waals surface area contributed by atoms with Crippen LogP contribution >= 0.6 is 0 Å². The van der Waals surface area contributed by atoms with Gasteiger partial charge in [-0.1, -0.05) is 6.92 Å². The van der Waals surface area contributed by atoms with Gasteiger partial charge in [0.05, 0.1) is 18.9 Å². The van der Waals surface area contributed by atoms with Gasteiger partial charge in [0.2, 0.25) is 0 Å². The lowest BCUT2D eigenvalue weighted by Gasteiger charge is -2.39. The summed E-state index contributed by atoms with van der Waals surface area (Å²) in [4.78, 5) is 0. The van der Waals surface area contributed by atoms with E-state index in [4.69, 9.17) is 4.74 Å². The van der Waals surface area contributed by atoms with Gasteiger partial charge < -0.3 is 10.1 Å². The van der Waals surface area contributed by atoms with Gasteiger partial charge in [-0.05, 0) is 20.8 Å². The van der Waals surface area contributed by atoms with Gasteiger partial charge in [0.1, 0.15) is 0 Å². The van der Waals surface area contributed by atoms with Crippen molar-refractivity contribution in [3.63, 3.8) is 0 Å². The molecule has 1 fully saturated rings. The topological polar surface area (TPSA) is 39.1 Å². The van der Waals surface area contributed by atoms with E-state index in [-0.39, 0.29) is 0 Å². The van der Waals surface area contributed by atoms with E-state index in [9.17, 15) is 0 Å². The molecule has 4 nitrogen and oxygen atoms in total. The van der Waals surface area contributed by atoms with E-state index in [1.807, 2.05) is 11.7 Å². The molecule has 1 atom stereocenters. The summed E-state index contributed by atoms with van der Waals surface area (Å²) >= 11 is 0. The normalized spacial score (nSPS) is 20.1. The Morgan fingerprint density at radius 3 is 2.53 bits per heavy atom. The number of hydrogen-bond acceptors (Lipinski definition) is 3. The molecule has 96 valence electrons. The van der Waals surface area contributed by atoms with Crippen LogP contribution in [-0.2, 0) is 11.8 Å². The minimum atomic E-state index is 0.318. The Labute approximate surface area is 103 Å². The lowest BCUT2D eigenvalue weighted by molar-refractivity contribution is -0.0999. The van der Waals surface area contributed by atoms with Crippen LogP contribution in [0, 0.1) is 19.3 Å². The Kier molecular flexibility index (Phi) is 3.27. The van der Waals surface area contributed by atoms with Gasteiger partial charge in [-0.25, -0.2) is 0 Å². The van der Waals surface area contributed by atoms with Crippen LogP contribution < -0.4 is 5.32 Å². The van der Waals surface area contributed by atoms with E-state index in [1.54, 1.807) is 0 Å². The van der Waals surface area contributed by atoms with Crippen LogP contribution in [0.2, 0.25) is 0 Å². The number of aryl methyl sites for hydroxylation is 2. The second-order valence-corrected chi connectivity index (χ2v) is 5.61. The summed E-state index contributed by atoms with van der Waals surface area (Å²) in [5, 5.41) is 8.07. The van der Waals surface area contributed by atoms with Crippen LogP contribution in [0.3, 0.4) is 0 Å². The van der Waals surface area contributed by atoms with Crippen molar-refractivity contribution < 1.29 is 4.74 Å². The van der Waals surface area contributed by atoms with Gasteiger partial charge in [0, 0.05) is 36.3 Å². The van der Waals surface area contributed by atoms with Crippen molar-refractivity contribution in [2.45, 2.75) is 33.7 Å². The van der Waals surface area contributed by atoms with Gasteiger partial charge in [-0.2, -0.15) is 5.10 Å². The Balaban J connectivity index is 2.01. The molecule has 0 aromatic carbocycles. The second-order valence-electron chi connectivity index (χ2n) is 5.61. The summed E-state index contributed by atoms with van der Waals surface area (Å²) in [6.07, 6.45) is 0. The van der Waals surface area contributed by atoms with E-state index in [0.29, 0.717) is 11.5 Å². The molecular weight excluding hydrogens is 214 g/mol. The fraction of sp³-hybridized carbons (Fsp3) is 0.769. The quantitative estimate of drug-likeness (QED) is 0.866. The summed E-state index contributed by atoms with van der Waals surface area (Å²) in [6, 6.07) is 0.348. The van der Waals surface area contributed by atoms with Crippen LogP contribution in [0.15, 0.2) is 0 Å². The first-order chi connectivity index (χ1) is 7.93. The SMILES string of the molecule is Cc1nn(C)c(C)c1C(C)NCC1(C)COC1. The largest absolute Gasteiger partial charge is 0.380 e. The predicted molar refractivity (Wildman–Crippen MR) is 68.0 cm³/mol. The summed E-state index contributed by atoms with van der Waals surface area (Å²) in [6.45, 7) is 11.4. The summed E-state index contributed by atoms with van der Waals surface area (Å²) < 4.78 is 7.23. The molecule has 0 radical (unpaired) electrons. The zero-order valence-electron chi connectivity index (χ0n) is 11.5. The maximum atomic E-state index is 5.27. The van der Waals surface area contributed by atoms with E-state index in [2.05, 4.69) is 38.1 Å². The van der Waals surface area contributed by atoms with E-state index >= 15 is 0 Å². The summed E-state index contributed by atoms with van der Waals surface area (Å²) in [7, 11) is 2.00. The van der Waals surface area contributed by atoms with E-state index in [1.165, 1.54) is 11.3 Å². The molecule has 2 heterocycles. The lowest BCUT2D eigenvalue weighted by atomic mass is 9.88. The number of aromatic nitrogens is 2. The third-order valence-corrected chi connectivity index (χ3v) is 3.73. The predicted octanol–water partition coefficient (Wildman–Crippen LogP) is 1.72. The molecule has 1 aromatic heterocycles. The second kappa shape index (κ2) is 4.42. The highest BCUT2D eigenvalue weighted by atomic mass is 16.5. The summed E-state index contributed by atoms with van der Waals surface area (Å²) in [5.41, 5.74) is 4.02. The number of rotatable bonds is 4. The molecule has 2 rings (SSSR count). The average molecular weight is 237 g/mol. The highest BCUT2D eigenvalue weighted by Crippen LogP contribution is 2.27. The summed E-state index contributed by atoms with van der Waals surface area (Å²) in [5.74, 6) is 0. The lowest BCUT2D eigenvalue weighted by Crippen LogP contribution is -2.47. The molecule has 1 aromatic rings. The van der Waals surface area contributed by atoms with Gasteiger partial charge >= 0.3 is 0 Å². The third kappa shape index (κ3) is 2.38. The maximum Gasteiger partial charge on any atom is 0.0644 e. The van der Waals surface area contributed by atoms with Crippen molar-refractivity contribution >= 4 is 0 Å². The molecule has 4 heteroatoms. The van der Waals surface area contributed by atoms with Crippen molar-refractivity contribution in [1.82, 2.24) is 15.1 Å². The Hall–Kier alpha value is -0.870. The van der Waals surface area contributed by atoms with Crippen molar-refractivity contribution in [3.05, 3.63) is 17.0 Å².